The van der Waals surface area contributed by atoms with Crippen molar-refractivity contribution in [1.82, 2.24) is 0 Å². The van der Waals surface area contributed by atoms with Crippen molar-refractivity contribution < 1.29 is 16.8 Å². The van der Waals surface area contributed by atoms with E-state index in [1.54, 1.807) is 13.8 Å². The van der Waals surface area contributed by atoms with Gasteiger partial charge in [-0.05, 0) is 37.1 Å². The highest BCUT2D eigenvalue weighted by atomic mass is 32.2. The van der Waals surface area contributed by atoms with Gasteiger partial charge in [-0.2, -0.15) is 8.42 Å². The molecule has 96 valence electrons. The molecule has 0 bridgehead atoms. The number of hydrogen-bond acceptors (Lipinski definition) is 4. The van der Waals surface area contributed by atoms with Gasteiger partial charge in [-0.1, -0.05) is 0 Å². The van der Waals surface area contributed by atoms with Crippen LogP contribution in [0.15, 0.2) is 17.0 Å². The predicted molar refractivity (Wildman–Crippen MR) is 64.0 cm³/mol. The number of sulfonamides is 1. The molecule has 0 aliphatic carbocycles. The van der Waals surface area contributed by atoms with E-state index in [2.05, 4.69) is 4.72 Å². The third-order valence-corrected chi connectivity index (χ3v) is 3.46. The number of nitrogens with one attached hydrogen (secondary N) is 1. The number of rotatable bonds is 3. The summed E-state index contributed by atoms with van der Waals surface area (Å²) in [6.07, 6.45) is 0. The topological polar surface area (TPSA) is 132 Å². The van der Waals surface area contributed by atoms with E-state index >= 15 is 0 Å². The van der Waals surface area contributed by atoms with Gasteiger partial charge in [0.15, 0.2) is 0 Å². The van der Waals surface area contributed by atoms with E-state index < -0.39 is 20.2 Å². The lowest BCUT2D eigenvalue weighted by Crippen LogP contribution is -2.23. The molecule has 9 heteroatoms. The van der Waals surface area contributed by atoms with Gasteiger partial charge in [0.25, 0.3) is 10.2 Å². The first kappa shape index (κ1) is 13.9. The Balaban J connectivity index is 3.40. The van der Waals surface area contributed by atoms with Crippen LogP contribution in [0.4, 0.5) is 5.69 Å². The minimum atomic E-state index is -3.90. The van der Waals surface area contributed by atoms with Crippen LogP contribution in [0.3, 0.4) is 0 Å². The van der Waals surface area contributed by atoms with E-state index in [1.807, 2.05) is 0 Å². The van der Waals surface area contributed by atoms with E-state index in [0.717, 1.165) is 0 Å². The number of nitrogens with two attached hydrogens (primary N) is 2. The van der Waals surface area contributed by atoms with Gasteiger partial charge in [-0.15, -0.1) is 0 Å². The molecule has 0 aliphatic heterocycles. The van der Waals surface area contributed by atoms with Crippen molar-refractivity contribution in [3.8, 4) is 0 Å². The molecule has 0 atom stereocenters. The number of anilines is 1. The van der Waals surface area contributed by atoms with Gasteiger partial charge in [0, 0.05) is 0 Å². The minimum Gasteiger partial charge on any atom is -0.271 e. The zero-order valence-electron chi connectivity index (χ0n) is 9.26. The molecule has 0 fully saturated rings. The molecule has 0 heterocycles. The fourth-order valence-corrected chi connectivity index (χ4v) is 2.68. The number of primary sulfonamides is 1. The van der Waals surface area contributed by atoms with Gasteiger partial charge >= 0.3 is 0 Å². The SMILES string of the molecule is Cc1cc(S(N)(=O)=O)cc(C)c1NS(N)(=O)=O. The molecule has 1 aromatic rings. The lowest BCUT2D eigenvalue weighted by molar-refractivity contribution is 0.597. The summed E-state index contributed by atoms with van der Waals surface area (Å²) in [5.74, 6) is 0. The van der Waals surface area contributed by atoms with Gasteiger partial charge in [0.05, 0.1) is 10.6 Å². The maximum Gasteiger partial charge on any atom is 0.296 e. The predicted octanol–water partition coefficient (Wildman–Crippen LogP) is -0.434. The van der Waals surface area contributed by atoms with Crippen molar-refractivity contribution in [3.05, 3.63) is 23.3 Å². The summed E-state index contributed by atoms with van der Waals surface area (Å²) in [6, 6.07) is 2.55. The van der Waals surface area contributed by atoms with E-state index in [1.165, 1.54) is 12.1 Å². The summed E-state index contributed by atoms with van der Waals surface area (Å²) in [4.78, 5) is -0.0764. The standard InChI is InChI=1S/C8H13N3O4S2/c1-5-3-7(16(9,12)13)4-6(2)8(5)11-17(10,14)15/h3-4,11H,1-2H3,(H2,9,12,13)(H2,10,14,15). The molecule has 0 saturated carbocycles. The monoisotopic (exact) mass is 279 g/mol. The van der Waals surface area contributed by atoms with Crippen molar-refractivity contribution in [2.45, 2.75) is 18.7 Å². The van der Waals surface area contributed by atoms with Crippen LogP contribution in [-0.2, 0) is 20.2 Å². The summed E-state index contributed by atoms with van der Waals surface area (Å²) in [7, 11) is -7.72. The second-order valence-corrected chi connectivity index (χ2v) is 6.48. The molecule has 0 unspecified atom stereocenters. The van der Waals surface area contributed by atoms with Crippen LogP contribution in [0.2, 0.25) is 0 Å². The molecule has 7 nitrogen and oxygen atoms in total. The second-order valence-electron chi connectivity index (χ2n) is 3.62. The molecule has 0 aromatic heterocycles. The molecule has 0 amide bonds. The first-order valence-corrected chi connectivity index (χ1v) is 7.54. The summed E-state index contributed by atoms with van der Waals surface area (Å²) >= 11 is 0. The highest BCUT2D eigenvalue weighted by Gasteiger charge is 2.14. The number of hydrogen-bond donors (Lipinski definition) is 3. The maximum atomic E-state index is 11.1. The van der Waals surface area contributed by atoms with Crippen molar-refractivity contribution in [2.24, 2.45) is 10.3 Å². The third-order valence-electron chi connectivity index (χ3n) is 2.08. The Morgan fingerprint density at radius 3 is 1.71 bits per heavy atom. The molecular weight excluding hydrogens is 266 g/mol. The van der Waals surface area contributed by atoms with Crippen molar-refractivity contribution in [2.75, 3.05) is 4.72 Å². The molecule has 1 rings (SSSR count). The summed E-state index contributed by atoms with van der Waals surface area (Å²) in [5.41, 5.74) is 1.09. The van der Waals surface area contributed by atoms with Crippen LogP contribution >= 0.6 is 0 Å². The van der Waals surface area contributed by atoms with Gasteiger partial charge in [-0.25, -0.2) is 18.7 Å². The van der Waals surface area contributed by atoms with Crippen LogP contribution in [0.25, 0.3) is 0 Å². The molecule has 0 radical (unpaired) electrons. The zero-order valence-corrected chi connectivity index (χ0v) is 10.9. The summed E-state index contributed by atoms with van der Waals surface area (Å²) < 4.78 is 46.2. The molecule has 5 N–H and O–H groups in total. The smallest absolute Gasteiger partial charge is 0.271 e. The third kappa shape index (κ3) is 3.66. The average Bonchev–Trinajstić information content (AvgIpc) is 2.07. The molecule has 0 spiro atoms. The largest absolute Gasteiger partial charge is 0.296 e. The molecule has 1 aromatic carbocycles. The quantitative estimate of drug-likeness (QED) is 0.692. The van der Waals surface area contributed by atoms with Crippen LogP contribution in [0.1, 0.15) is 11.1 Å². The zero-order chi connectivity index (χ0) is 13.4. The Kier molecular flexibility index (Phi) is 3.48. The minimum absolute atomic E-state index is 0.0764. The maximum absolute atomic E-state index is 11.1. The molecule has 0 aliphatic rings. The van der Waals surface area contributed by atoms with Crippen LogP contribution in [0.5, 0.6) is 0 Å². The first-order chi connectivity index (χ1) is 7.50. The normalized spacial score (nSPS) is 12.5. The van der Waals surface area contributed by atoms with Gasteiger partial charge < -0.3 is 0 Å². The molecule has 0 saturated heterocycles. The Labute approximate surface area is 100 Å². The number of aryl methyl sites for hydroxylation is 2. The molecule has 17 heavy (non-hydrogen) atoms. The Bertz CT molecular complexity index is 626. The Morgan fingerprint density at radius 1 is 1.00 bits per heavy atom. The van der Waals surface area contributed by atoms with Gasteiger partial charge in [-0.3, -0.25) is 4.72 Å². The fourth-order valence-electron chi connectivity index (χ4n) is 1.39. The second kappa shape index (κ2) is 4.26. The van der Waals surface area contributed by atoms with E-state index in [-0.39, 0.29) is 10.6 Å². The van der Waals surface area contributed by atoms with Gasteiger partial charge in [0.1, 0.15) is 0 Å². The fraction of sp³-hybridized carbons (Fsp3) is 0.250. The van der Waals surface area contributed by atoms with E-state index in [9.17, 15) is 16.8 Å². The van der Waals surface area contributed by atoms with Crippen LogP contribution in [-0.4, -0.2) is 16.8 Å². The summed E-state index contributed by atoms with van der Waals surface area (Å²) in [5, 5.41) is 9.83. The lowest BCUT2D eigenvalue weighted by Gasteiger charge is -2.12. The van der Waals surface area contributed by atoms with Crippen LogP contribution in [0, 0.1) is 13.8 Å². The highest BCUT2D eigenvalue weighted by Crippen LogP contribution is 2.24. The average molecular weight is 279 g/mol. The first-order valence-electron chi connectivity index (χ1n) is 4.45. The van der Waals surface area contributed by atoms with Crippen molar-refractivity contribution >= 4 is 25.9 Å². The number of benzene rings is 1. The van der Waals surface area contributed by atoms with Gasteiger partial charge in [0.2, 0.25) is 10.0 Å². The van der Waals surface area contributed by atoms with Crippen molar-refractivity contribution in [1.29, 1.82) is 0 Å². The molecular formula is C8H13N3O4S2. The van der Waals surface area contributed by atoms with Crippen molar-refractivity contribution in [3.63, 3.8) is 0 Å². The Hall–Kier alpha value is -1.16. The summed E-state index contributed by atoms with van der Waals surface area (Å²) in [6.45, 7) is 3.10. The van der Waals surface area contributed by atoms with Crippen LogP contribution < -0.4 is 15.0 Å². The highest BCUT2D eigenvalue weighted by molar-refractivity contribution is 7.90. The van der Waals surface area contributed by atoms with E-state index in [0.29, 0.717) is 11.1 Å². The Morgan fingerprint density at radius 2 is 1.41 bits per heavy atom. The lowest BCUT2D eigenvalue weighted by atomic mass is 10.1. The van der Waals surface area contributed by atoms with E-state index in [4.69, 9.17) is 10.3 Å².